The van der Waals surface area contributed by atoms with Crippen LogP contribution >= 0.6 is 11.8 Å². The van der Waals surface area contributed by atoms with E-state index in [0.29, 0.717) is 6.54 Å². The summed E-state index contributed by atoms with van der Waals surface area (Å²) < 4.78 is 0. The first-order valence-electron chi connectivity index (χ1n) is 4.15. The molecule has 0 aromatic carbocycles. The molecule has 0 atom stereocenters. The lowest BCUT2D eigenvalue weighted by Crippen LogP contribution is -2.24. The summed E-state index contributed by atoms with van der Waals surface area (Å²) in [7, 11) is 1.96. The van der Waals surface area contributed by atoms with E-state index < -0.39 is 5.97 Å². The molecule has 0 aliphatic rings. The maximum absolute atomic E-state index is 10.2. The Morgan fingerprint density at radius 1 is 1.50 bits per heavy atom. The average Bonchev–Trinajstić information content (AvgIpc) is 2.01. The third kappa shape index (κ3) is 7.88. The highest BCUT2D eigenvalue weighted by Gasteiger charge is 2.01. The van der Waals surface area contributed by atoms with Crippen molar-refractivity contribution in [3.05, 3.63) is 0 Å². The first kappa shape index (κ1) is 11.8. The van der Waals surface area contributed by atoms with Gasteiger partial charge in [0.15, 0.2) is 0 Å². The zero-order chi connectivity index (χ0) is 9.40. The van der Waals surface area contributed by atoms with Crippen LogP contribution in [0.1, 0.15) is 13.3 Å². The van der Waals surface area contributed by atoms with Crippen molar-refractivity contribution >= 4 is 17.7 Å². The second kappa shape index (κ2) is 7.43. The Hall–Kier alpha value is -0.220. The van der Waals surface area contributed by atoms with Gasteiger partial charge in [-0.05, 0) is 12.8 Å². The number of thioether (sulfide) groups is 1. The SMILES string of the molecule is CCSCCN(C)CCC(=O)O. The van der Waals surface area contributed by atoms with E-state index in [1.165, 1.54) is 0 Å². The van der Waals surface area contributed by atoms with Gasteiger partial charge in [-0.25, -0.2) is 0 Å². The first-order chi connectivity index (χ1) is 5.66. The molecule has 0 heterocycles. The summed E-state index contributed by atoms with van der Waals surface area (Å²) >= 11 is 1.88. The molecule has 0 amide bonds. The Bertz CT molecular complexity index is 130. The van der Waals surface area contributed by atoms with Crippen molar-refractivity contribution < 1.29 is 9.90 Å². The fraction of sp³-hybridized carbons (Fsp3) is 0.875. The van der Waals surface area contributed by atoms with Gasteiger partial charge in [0.1, 0.15) is 0 Å². The zero-order valence-corrected chi connectivity index (χ0v) is 8.56. The van der Waals surface area contributed by atoms with E-state index in [9.17, 15) is 4.79 Å². The quantitative estimate of drug-likeness (QED) is 0.613. The van der Waals surface area contributed by atoms with E-state index in [-0.39, 0.29) is 6.42 Å². The van der Waals surface area contributed by atoms with Crippen molar-refractivity contribution in [1.82, 2.24) is 4.90 Å². The van der Waals surface area contributed by atoms with Crippen molar-refractivity contribution in [1.29, 1.82) is 0 Å². The van der Waals surface area contributed by atoms with Crippen LogP contribution < -0.4 is 0 Å². The molecule has 0 saturated heterocycles. The van der Waals surface area contributed by atoms with Crippen LogP contribution in [0.15, 0.2) is 0 Å². The van der Waals surface area contributed by atoms with E-state index >= 15 is 0 Å². The van der Waals surface area contributed by atoms with Gasteiger partial charge in [0.05, 0.1) is 6.42 Å². The number of hydrogen-bond donors (Lipinski definition) is 1. The molecular formula is C8H17NO2S. The van der Waals surface area contributed by atoms with Crippen LogP contribution in [0, 0.1) is 0 Å². The lowest BCUT2D eigenvalue weighted by atomic mass is 10.4. The molecule has 1 N–H and O–H groups in total. The van der Waals surface area contributed by atoms with Crippen molar-refractivity contribution in [2.75, 3.05) is 31.6 Å². The topological polar surface area (TPSA) is 40.5 Å². The molecule has 0 fully saturated rings. The maximum atomic E-state index is 10.2. The summed E-state index contributed by atoms with van der Waals surface area (Å²) in [5.74, 6) is 1.50. The fourth-order valence-corrected chi connectivity index (χ4v) is 1.49. The fourth-order valence-electron chi connectivity index (χ4n) is 0.763. The molecule has 12 heavy (non-hydrogen) atoms. The van der Waals surface area contributed by atoms with E-state index in [1.54, 1.807) is 0 Å². The van der Waals surface area contributed by atoms with Gasteiger partial charge < -0.3 is 10.0 Å². The Labute approximate surface area is 78.1 Å². The molecule has 3 nitrogen and oxygen atoms in total. The Kier molecular flexibility index (Phi) is 7.29. The summed E-state index contributed by atoms with van der Waals surface area (Å²) in [6.07, 6.45) is 0.243. The number of carboxylic acid groups (broad SMARTS) is 1. The Morgan fingerprint density at radius 3 is 2.67 bits per heavy atom. The second-order valence-corrected chi connectivity index (χ2v) is 4.04. The number of nitrogens with zero attached hydrogens (tertiary/aromatic N) is 1. The summed E-state index contributed by atoms with van der Waals surface area (Å²) in [5, 5.41) is 8.40. The zero-order valence-electron chi connectivity index (χ0n) is 7.75. The lowest BCUT2D eigenvalue weighted by Gasteiger charge is -2.14. The van der Waals surface area contributed by atoms with Crippen molar-refractivity contribution in [3.63, 3.8) is 0 Å². The molecule has 0 bridgehead atoms. The van der Waals surface area contributed by atoms with Gasteiger partial charge in [0, 0.05) is 18.8 Å². The molecule has 0 aromatic heterocycles. The van der Waals surface area contributed by atoms with Gasteiger partial charge in [-0.3, -0.25) is 4.79 Å². The Balaban J connectivity index is 3.21. The predicted octanol–water partition coefficient (Wildman–Crippen LogP) is 1.15. The van der Waals surface area contributed by atoms with Crippen molar-refractivity contribution in [3.8, 4) is 0 Å². The van der Waals surface area contributed by atoms with Gasteiger partial charge in [0.25, 0.3) is 0 Å². The van der Waals surface area contributed by atoms with Gasteiger partial charge >= 0.3 is 5.97 Å². The lowest BCUT2D eigenvalue weighted by molar-refractivity contribution is -0.137. The summed E-state index contributed by atoms with van der Waals surface area (Å²) in [4.78, 5) is 12.3. The van der Waals surface area contributed by atoms with E-state index in [0.717, 1.165) is 18.1 Å². The van der Waals surface area contributed by atoms with Crippen LogP contribution in [0.25, 0.3) is 0 Å². The van der Waals surface area contributed by atoms with Crippen LogP contribution in [0.5, 0.6) is 0 Å². The highest BCUT2D eigenvalue weighted by molar-refractivity contribution is 7.99. The first-order valence-corrected chi connectivity index (χ1v) is 5.30. The average molecular weight is 191 g/mol. The predicted molar refractivity (Wildman–Crippen MR) is 52.7 cm³/mol. The molecule has 0 spiro atoms. The molecule has 0 aromatic rings. The number of carbonyl (C=O) groups is 1. The molecule has 72 valence electrons. The maximum Gasteiger partial charge on any atom is 0.304 e. The molecule has 0 saturated carbocycles. The molecular weight excluding hydrogens is 174 g/mol. The molecule has 0 aliphatic heterocycles. The highest BCUT2D eigenvalue weighted by Crippen LogP contribution is 1.98. The number of hydrogen-bond acceptors (Lipinski definition) is 3. The Morgan fingerprint density at radius 2 is 2.17 bits per heavy atom. The third-order valence-electron chi connectivity index (χ3n) is 1.53. The van der Waals surface area contributed by atoms with Crippen LogP contribution in [0.2, 0.25) is 0 Å². The smallest absolute Gasteiger partial charge is 0.304 e. The monoisotopic (exact) mass is 191 g/mol. The number of rotatable bonds is 7. The van der Waals surface area contributed by atoms with Crippen LogP contribution in [0.3, 0.4) is 0 Å². The number of aliphatic carboxylic acids is 1. The molecule has 4 heteroatoms. The van der Waals surface area contributed by atoms with Crippen LogP contribution in [-0.4, -0.2) is 47.6 Å². The molecule has 0 radical (unpaired) electrons. The van der Waals surface area contributed by atoms with E-state index in [2.05, 4.69) is 11.8 Å². The summed E-state index contributed by atoms with van der Waals surface area (Å²) in [5.41, 5.74) is 0. The van der Waals surface area contributed by atoms with E-state index in [4.69, 9.17) is 5.11 Å². The largest absolute Gasteiger partial charge is 0.481 e. The molecule has 0 rings (SSSR count). The normalized spacial score (nSPS) is 10.6. The molecule has 0 aliphatic carbocycles. The van der Waals surface area contributed by atoms with Gasteiger partial charge in [-0.15, -0.1) is 0 Å². The number of carboxylic acids is 1. The van der Waals surface area contributed by atoms with E-state index in [1.807, 2.05) is 18.8 Å². The molecule has 0 unspecified atom stereocenters. The van der Waals surface area contributed by atoms with Crippen molar-refractivity contribution in [2.45, 2.75) is 13.3 Å². The standard InChI is InChI=1S/C8H17NO2S/c1-3-12-7-6-9(2)5-4-8(10)11/h3-7H2,1-2H3,(H,10,11). The summed E-state index contributed by atoms with van der Waals surface area (Å²) in [6.45, 7) is 3.76. The highest BCUT2D eigenvalue weighted by atomic mass is 32.2. The third-order valence-corrected chi connectivity index (χ3v) is 2.41. The minimum atomic E-state index is -0.718. The van der Waals surface area contributed by atoms with Gasteiger partial charge in [-0.1, -0.05) is 6.92 Å². The van der Waals surface area contributed by atoms with Crippen molar-refractivity contribution in [2.24, 2.45) is 0 Å². The van der Waals surface area contributed by atoms with Gasteiger partial charge in [-0.2, -0.15) is 11.8 Å². The summed E-state index contributed by atoms with van der Waals surface area (Å²) in [6, 6.07) is 0. The second-order valence-electron chi connectivity index (χ2n) is 2.64. The minimum Gasteiger partial charge on any atom is -0.481 e. The van der Waals surface area contributed by atoms with Crippen LogP contribution in [-0.2, 0) is 4.79 Å². The van der Waals surface area contributed by atoms with Gasteiger partial charge in [0.2, 0.25) is 0 Å². The van der Waals surface area contributed by atoms with Crippen LogP contribution in [0.4, 0.5) is 0 Å². The minimum absolute atomic E-state index is 0.243.